The van der Waals surface area contributed by atoms with Crippen molar-refractivity contribution in [1.29, 1.82) is 0 Å². The highest BCUT2D eigenvalue weighted by Gasteiger charge is 2.29. The average Bonchev–Trinajstić information content (AvgIpc) is 3.57. The number of benzene rings is 3. The number of nitrogens with zero attached hydrogens (tertiary/aromatic N) is 1. The number of halogens is 1. The molecule has 0 bridgehead atoms. The number of carbonyl (C=O) groups excluding carboxylic acids is 3. The van der Waals surface area contributed by atoms with Crippen molar-refractivity contribution in [2.24, 2.45) is 17.6 Å². The molecule has 0 spiro atoms. The summed E-state index contributed by atoms with van der Waals surface area (Å²) in [4.78, 5) is 39.9. The Kier molecular flexibility index (Phi) is 11.6. The zero-order valence-corrected chi connectivity index (χ0v) is 27.3. The Hall–Kier alpha value is -4.25. The highest BCUT2D eigenvalue weighted by molar-refractivity contribution is 5.99. The summed E-state index contributed by atoms with van der Waals surface area (Å²) in [7, 11) is 0. The minimum atomic E-state index is -0.770. The molecule has 2 fully saturated rings. The number of piperidine rings is 1. The molecule has 2 heterocycles. The average molecular weight is 658 g/mol. The first kappa shape index (κ1) is 34.1. The van der Waals surface area contributed by atoms with Crippen LogP contribution in [0.15, 0.2) is 72.9 Å². The van der Waals surface area contributed by atoms with Crippen molar-refractivity contribution in [2.75, 3.05) is 25.0 Å². The summed E-state index contributed by atoms with van der Waals surface area (Å²) in [6, 6.07) is 20.6. The summed E-state index contributed by atoms with van der Waals surface area (Å²) in [5, 5.41) is 20.5. The predicted octanol–water partition coefficient (Wildman–Crippen LogP) is 4.56. The fourth-order valence-corrected chi connectivity index (χ4v) is 6.57. The van der Waals surface area contributed by atoms with Crippen LogP contribution in [0.4, 0.5) is 5.69 Å². The van der Waals surface area contributed by atoms with E-state index in [1.807, 2.05) is 66.7 Å². The minimum Gasteiger partial charge on any atom is -0.349 e. The van der Waals surface area contributed by atoms with Crippen LogP contribution in [0.25, 0.3) is 22.0 Å². The van der Waals surface area contributed by atoms with Crippen molar-refractivity contribution in [2.45, 2.75) is 57.0 Å². The van der Waals surface area contributed by atoms with Crippen molar-refractivity contribution in [3.63, 3.8) is 0 Å². The van der Waals surface area contributed by atoms with Gasteiger partial charge in [0.25, 0.3) is 5.91 Å². The zero-order valence-electron chi connectivity index (χ0n) is 26.5. The number of aromatic nitrogens is 2. The van der Waals surface area contributed by atoms with Crippen molar-refractivity contribution >= 4 is 46.7 Å². The van der Waals surface area contributed by atoms with Gasteiger partial charge < -0.3 is 27.0 Å². The van der Waals surface area contributed by atoms with Crippen LogP contribution in [0.5, 0.6) is 0 Å². The van der Waals surface area contributed by atoms with Gasteiger partial charge in [0.1, 0.15) is 6.04 Å². The molecule has 7 N–H and O–H groups in total. The van der Waals surface area contributed by atoms with Gasteiger partial charge in [-0.15, -0.1) is 12.4 Å². The molecule has 2 aliphatic rings. The maximum absolute atomic E-state index is 13.7. The van der Waals surface area contributed by atoms with Gasteiger partial charge in [0.05, 0.1) is 11.7 Å². The number of rotatable bonds is 10. The molecule has 248 valence electrons. The van der Waals surface area contributed by atoms with Crippen LogP contribution in [0.3, 0.4) is 0 Å². The SMILES string of the molecule is Cl.NC[C@H]1CC[C@H](C(=O)N[C@@H](Cc2cccc(-c3ccc(C(=O)NC4CCNCC4)cc3)c2)C(=O)Nc2ccc3cn[nH]c3c2)CC1. The summed E-state index contributed by atoms with van der Waals surface area (Å²) in [6.07, 6.45) is 7.34. The van der Waals surface area contributed by atoms with E-state index in [-0.39, 0.29) is 42.1 Å². The van der Waals surface area contributed by atoms with Crippen LogP contribution < -0.4 is 27.0 Å². The van der Waals surface area contributed by atoms with Crippen LogP contribution in [-0.4, -0.2) is 59.6 Å². The molecule has 3 aromatic carbocycles. The van der Waals surface area contributed by atoms with Crippen molar-refractivity contribution in [3.05, 3.63) is 84.1 Å². The van der Waals surface area contributed by atoms with Gasteiger partial charge >= 0.3 is 0 Å². The highest BCUT2D eigenvalue weighted by Crippen LogP contribution is 2.29. The first-order chi connectivity index (χ1) is 22.4. The number of nitrogens with two attached hydrogens (primary N) is 1. The number of fused-ring (bicyclic) bond motifs is 1. The summed E-state index contributed by atoms with van der Waals surface area (Å²) in [5.74, 6) is -0.0936. The van der Waals surface area contributed by atoms with Crippen molar-refractivity contribution < 1.29 is 14.4 Å². The van der Waals surface area contributed by atoms with E-state index in [1.165, 1.54) is 0 Å². The largest absolute Gasteiger partial charge is 0.349 e. The summed E-state index contributed by atoms with van der Waals surface area (Å²) < 4.78 is 0. The van der Waals surface area contributed by atoms with Gasteiger partial charge in [0, 0.05) is 35.0 Å². The lowest BCUT2D eigenvalue weighted by Gasteiger charge is -2.28. The maximum Gasteiger partial charge on any atom is 0.251 e. The molecule has 1 atom stereocenters. The predicted molar refractivity (Wildman–Crippen MR) is 187 cm³/mol. The van der Waals surface area contributed by atoms with Crippen molar-refractivity contribution in [1.82, 2.24) is 26.1 Å². The Morgan fingerprint density at radius 3 is 2.40 bits per heavy atom. The molecule has 1 aliphatic heterocycles. The van der Waals surface area contributed by atoms with Gasteiger partial charge in [-0.05, 0) is 111 Å². The highest BCUT2D eigenvalue weighted by atomic mass is 35.5. The van der Waals surface area contributed by atoms with Gasteiger partial charge in [-0.3, -0.25) is 19.5 Å². The van der Waals surface area contributed by atoms with Crippen LogP contribution in [0, 0.1) is 11.8 Å². The number of anilines is 1. The molecule has 1 aromatic heterocycles. The number of aromatic amines is 1. The van der Waals surface area contributed by atoms with Gasteiger partial charge in [-0.2, -0.15) is 5.10 Å². The lowest BCUT2D eigenvalue weighted by atomic mass is 9.81. The molecule has 0 unspecified atom stereocenters. The molecular weight excluding hydrogens is 614 g/mol. The quantitative estimate of drug-likeness (QED) is 0.147. The molecule has 1 aliphatic carbocycles. The smallest absolute Gasteiger partial charge is 0.251 e. The second kappa shape index (κ2) is 16.0. The maximum atomic E-state index is 13.7. The second-order valence-corrected chi connectivity index (χ2v) is 12.7. The molecule has 0 radical (unpaired) electrons. The molecule has 10 nitrogen and oxygen atoms in total. The lowest BCUT2D eigenvalue weighted by Crippen LogP contribution is -2.48. The fourth-order valence-electron chi connectivity index (χ4n) is 6.57. The van der Waals surface area contributed by atoms with Crippen LogP contribution in [-0.2, 0) is 16.0 Å². The van der Waals surface area contributed by atoms with E-state index < -0.39 is 6.04 Å². The molecule has 47 heavy (non-hydrogen) atoms. The van der Waals surface area contributed by atoms with Crippen molar-refractivity contribution in [3.8, 4) is 11.1 Å². The van der Waals surface area contributed by atoms with E-state index in [9.17, 15) is 14.4 Å². The number of carbonyl (C=O) groups is 3. The topological polar surface area (TPSA) is 154 Å². The molecule has 11 heteroatoms. The first-order valence-corrected chi connectivity index (χ1v) is 16.4. The number of nitrogens with one attached hydrogen (secondary N) is 5. The standard InChI is InChI=1S/C36H43N7O3.ClH/c37-21-23-4-6-26(7-5-23)35(45)42-33(36(46)41-31-13-12-29-22-39-43-32(29)20-31)19-24-2-1-3-28(18-24)25-8-10-27(11-9-25)34(44)40-30-14-16-38-17-15-30;/h1-3,8-13,18,20,22-23,26,30,33,38H,4-7,14-17,19,21,37H2,(H,39,43)(H,40,44)(H,41,46)(H,42,45);1H/t23-,26-,33-;/m0./s1. The summed E-state index contributed by atoms with van der Waals surface area (Å²) >= 11 is 0. The Morgan fingerprint density at radius 1 is 0.894 bits per heavy atom. The Morgan fingerprint density at radius 2 is 1.66 bits per heavy atom. The number of amides is 3. The van der Waals surface area contributed by atoms with Gasteiger partial charge in [-0.25, -0.2) is 0 Å². The zero-order chi connectivity index (χ0) is 31.9. The Balaban J connectivity index is 0.00000433. The number of H-pyrrole nitrogens is 1. The van der Waals surface area contributed by atoms with E-state index in [0.717, 1.165) is 79.2 Å². The van der Waals surface area contributed by atoms with Gasteiger partial charge in [0.15, 0.2) is 0 Å². The van der Waals surface area contributed by atoms with Crippen LogP contribution in [0.1, 0.15) is 54.4 Å². The third kappa shape index (κ3) is 8.77. The molecule has 3 amide bonds. The monoisotopic (exact) mass is 657 g/mol. The molecule has 1 saturated heterocycles. The minimum absolute atomic E-state index is 0. The van der Waals surface area contributed by atoms with Crippen LogP contribution in [0.2, 0.25) is 0 Å². The second-order valence-electron chi connectivity index (χ2n) is 12.7. The van der Waals surface area contributed by atoms with E-state index in [4.69, 9.17) is 5.73 Å². The Bertz CT molecular complexity index is 1660. The molecule has 4 aromatic rings. The van der Waals surface area contributed by atoms with E-state index in [2.05, 4.69) is 31.5 Å². The van der Waals surface area contributed by atoms with E-state index in [1.54, 1.807) is 6.20 Å². The molecule has 1 saturated carbocycles. The van der Waals surface area contributed by atoms with Crippen LogP contribution >= 0.6 is 12.4 Å². The summed E-state index contributed by atoms with van der Waals surface area (Å²) in [6.45, 7) is 2.48. The van der Waals surface area contributed by atoms with Gasteiger partial charge in [-0.1, -0.05) is 36.4 Å². The Labute approximate surface area is 281 Å². The number of hydrogen-bond acceptors (Lipinski definition) is 6. The van der Waals surface area contributed by atoms with Gasteiger partial charge in [0.2, 0.25) is 11.8 Å². The lowest BCUT2D eigenvalue weighted by molar-refractivity contribution is -0.130. The fraction of sp³-hybridized carbons (Fsp3) is 0.389. The first-order valence-electron chi connectivity index (χ1n) is 16.4. The summed E-state index contributed by atoms with van der Waals surface area (Å²) in [5.41, 5.74) is 10.8. The third-order valence-corrected chi connectivity index (χ3v) is 9.41. The number of hydrogen-bond donors (Lipinski definition) is 6. The third-order valence-electron chi connectivity index (χ3n) is 9.41. The van der Waals surface area contributed by atoms with E-state index >= 15 is 0 Å². The van der Waals surface area contributed by atoms with E-state index in [0.29, 0.717) is 30.1 Å². The normalized spacial score (nSPS) is 18.9. The molecule has 6 rings (SSSR count). The molecular formula is C36H44ClN7O3.